The molecule has 6 heteroatoms. The molecular weight excluding hydrogens is 400 g/mol. The van der Waals surface area contributed by atoms with Crippen LogP contribution in [0, 0.1) is 6.92 Å². The van der Waals surface area contributed by atoms with Crippen LogP contribution < -0.4 is 5.32 Å². The maximum absolute atomic E-state index is 13.5. The summed E-state index contributed by atoms with van der Waals surface area (Å²) in [6.45, 7) is 2.72. The highest BCUT2D eigenvalue weighted by Gasteiger charge is 2.42. The highest BCUT2D eigenvalue weighted by Crippen LogP contribution is 2.36. The van der Waals surface area contributed by atoms with Crippen molar-refractivity contribution in [2.45, 2.75) is 51.2 Å². The van der Waals surface area contributed by atoms with Crippen molar-refractivity contribution < 1.29 is 9.59 Å². The molecule has 0 radical (unpaired) electrons. The highest BCUT2D eigenvalue weighted by molar-refractivity contribution is 5.94. The minimum Gasteiger partial charge on any atom is -0.354 e. The van der Waals surface area contributed by atoms with E-state index in [1.807, 2.05) is 48.5 Å². The summed E-state index contributed by atoms with van der Waals surface area (Å²) in [5.41, 5.74) is 4.62. The Kier molecular flexibility index (Phi) is 5.29. The monoisotopic (exact) mass is 428 g/mol. The molecule has 2 amide bonds. The first-order chi connectivity index (χ1) is 15.6. The fourth-order valence-electron chi connectivity index (χ4n) is 5.24. The summed E-state index contributed by atoms with van der Waals surface area (Å²) in [5.74, 6) is 0.804. The summed E-state index contributed by atoms with van der Waals surface area (Å²) in [4.78, 5) is 33.0. The van der Waals surface area contributed by atoms with Gasteiger partial charge in [0.15, 0.2) is 0 Å². The Morgan fingerprint density at radius 1 is 1.03 bits per heavy atom. The first-order valence-corrected chi connectivity index (χ1v) is 11.3. The van der Waals surface area contributed by atoms with Crippen LogP contribution >= 0.6 is 0 Å². The Hall–Kier alpha value is -3.41. The summed E-state index contributed by atoms with van der Waals surface area (Å²) in [6, 6.07) is 18.3. The zero-order valence-corrected chi connectivity index (χ0v) is 18.5. The van der Waals surface area contributed by atoms with Gasteiger partial charge in [-0.15, -0.1) is 0 Å². The van der Waals surface area contributed by atoms with Crippen molar-refractivity contribution in [3.8, 4) is 11.4 Å². The van der Waals surface area contributed by atoms with Gasteiger partial charge in [-0.2, -0.15) is 0 Å². The SMILES string of the molecule is CNC(=O)c1nc(-c2ccccc2)n2c1CC1CCC(C2)N1C(=O)Cc1ccccc1C. The van der Waals surface area contributed by atoms with Crippen LogP contribution in [0.25, 0.3) is 11.4 Å². The van der Waals surface area contributed by atoms with Gasteiger partial charge in [-0.1, -0.05) is 54.6 Å². The second kappa shape index (κ2) is 8.26. The molecule has 1 N–H and O–H groups in total. The Labute approximate surface area is 188 Å². The van der Waals surface area contributed by atoms with Crippen molar-refractivity contribution in [3.05, 3.63) is 77.1 Å². The molecule has 3 aromatic rings. The van der Waals surface area contributed by atoms with Crippen LogP contribution in [0.15, 0.2) is 54.6 Å². The molecule has 1 aromatic heterocycles. The average Bonchev–Trinajstić information content (AvgIpc) is 3.31. The molecule has 2 unspecified atom stereocenters. The molecule has 0 aliphatic carbocycles. The number of carbonyl (C=O) groups is 2. The standard InChI is InChI=1S/C26H28N4O2/c1-17-8-6-7-11-19(17)14-23(31)30-20-12-13-21(30)16-29-22(15-20)24(26(32)27-2)28-25(29)18-9-4-3-5-10-18/h3-11,20-21H,12-16H2,1-2H3,(H,27,32). The lowest BCUT2D eigenvalue weighted by Crippen LogP contribution is -2.43. The van der Waals surface area contributed by atoms with Crippen LogP contribution in [0.4, 0.5) is 0 Å². The fourth-order valence-corrected chi connectivity index (χ4v) is 5.24. The van der Waals surface area contributed by atoms with Crippen LogP contribution in [0.1, 0.15) is 40.2 Å². The lowest BCUT2D eigenvalue weighted by molar-refractivity contribution is -0.133. The summed E-state index contributed by atoms with van der Waals surface area (Å²) in [7, 11) is 1.64. The molecule has 164 valence electrons. The van der Waals surface area contributed by atoms with E-state index < -0.39 is 0 Å². The topological polar surface area (TPSA) is 67.2 Å². The van der Waals surface area contributed by atoms with Crippen LogP contribution in [0.3, 0.4) is 0 Å². The fraction of sp³-hybridized carbons (Fsp3) is 0.346. The highest BCUT2D eigenvalue weighted by atomic mass is 16.2. The predicted octanol–water partition coefficient (Wildman–Crippen LogP) is 3.38. The molecule has 3 heterocycles. The Morgan fingerprint density at radius 3 is 2.50 bits per heavy atom. The van der Waals surface area contributed by atoms with Crippen LogP contribution in [-0.4, -0.2) is 45.4 Å². The van der Waals surface area contributed by atoms with Gasteiger partial charge in [-0.25, -0.2) is 4.98 Å². The number of aromatic nitrogens is 2. The molecule has 2 aromatic carbocycles. The number of nitrogens with one attached hydrogen (secondary N) is 1. The molecule has 1 saturated heterocycles. The third-order valence-electron chi connectivity index (χ3n) is 6.88. The third-order valence-corrected chi connectivity index (χ3v) is 6.88. The summed E-state index contributed by atoms with van der Waals surface area (Å²) in [6.07, 6.45) is 3.01. The van der Waals surface area contributed by atoms with Gasteiger partial charge in [0.25, 0.3) is 5.91 Å². The van der Waals surface area contributed by atoms with E-state index in [2.05, 4.69) is 27.8 Å². The molecular formula is C26H28N4O2. The molecule has 0 saturated carbocycles. The molecule has 2 bridgehead atoms. The first-order valence-electron chi connectivity index (χ1n) is 11.3. The second-order valence-corrected chi connectivity index (χ2v) is 8.78. The van der Waals surface area contributed by atoms with Crippen LogP contribution in [0.2, 0.25) is 0 Å². The maximum atomic E-state index is 13.5. The number of fused-ring (bicyclic) bond motifs is 3. The number of benzene rings is 2. The normalized spacial score (nSPS) is 19.4. The van der Waals surface area contributed by atoms with Gasteiger partial charge in [0, 0.05) is 31.6 Å². The van der Waals surface area contributed by atoms with E-state index >= 15 is 0 Å². The lowest BCUT2D eigenvalue weighted by atomic mass is 10.0. The van der Waals surface area contributed by atoms with Crippen molar-refractivity contribution in [2.24, 2.45) is 0 Å². The number of carbonyl (C=O) groups excluding carboxylic acids is 2. The van der Waals surface area contributed by atoms with E-state index in [1.54, 1.807) is 7.05 Å². The number of nitrogens with zero attached hydrogens (tertiary/aromatic N) is 3. The van der Waals surface area contributed by atoms with Gasteiger partial charge < -0.3 is 14.8 Å². The van der Waals surface area contributed by atoms with Gasteiger partial charge >= 0.3 is 0 Å². The number of hydrogen-bond donors (Lipinski definition) is 1. The van der Waals surface area contributed by atoms with Gasteiger partial charge in [0.1, 0.15) is 11.5 Å². The molecule has 1 fully saturated rings. The predicted molar refractivity (Wildman–Crippen MR) is 123 cm³/mol. The van der Waals surface area contributed by atoms with E-state index in [0.717, 1.165) is 41.1 Å². The number of aryl methyl sites for hydroxylation is 1. The summed E-state index contributed by atoms with van der Waals surface area (Å²) in [5, 5.41) is 2.74. The summed E-state index contributed by atoms with van der Waals surface area (Å²) < 4.78 is 2.18. The number of hydrogen-bond acceptors (Lipinski definition) is 3. The Bertz CT molecular complexity index is 1170. The number of imidazole rings is 1. The van der Waals surface area contributed by atoms with E-state index in [9.17, 15) is 9.59 Å². The quantitative estimate of drug-likeness (QED) is 0.693. The van der Waals surface area contributed by atoms with E-state index in [0.29, 0.717) is 25.1 Å². The Balaban J connectivity index is 1.51. The summed E-state index contributed by atoms with van der Waals surface area (Å²) >= 11 is 0. The second-order valence-electron chi connectivity index (χ2n) is 8.78. The van der Waals surface area contributed by atoms with Crippen LogP contribution in [0.5, 0.6) is 0 Å². The lowest BCUT2D eigenvalue weighted by Gasteiger charge is -2.28. The van der Waals surface area contributed by atoms with Crippen molar-refractivity contribution in [1.82, 2.24) is 19.8 Å². The van der Waals surface area contributed by atoms with Gasteiger partial charge in [-0.05, 0) is 30.9 Å². The van der Waals surface area contributed by atoms with Gasteiger partial charge in [0.05, 0.1) is 18.2 Å². The first kappa shape index (κ1) is 20.5. The molecule has 6 nitrogen and oxygen atoms in total. The van der Waals surface area contributed by atoms with E-state index in [1.165, 1.54) is 0 Å². The average molecular weight is 429 g/mol. The minimum atomic E-state index is -0.175. The molecule has 2 aliphatic heterocycles. The zero-order chi connectivity index (χ0) is 22.2. The molecule has 2 atom stereocenters. The van der Waals surface area contributed by atoms with Gasteiger partial charge in [0.2, 0.25) is 5.91 Å². The van der Waals surface area contributed by atoms with E-state index in [4.69, 9.17) is 4.98 Å². The van der Waals surface area contributed by atoms with Crippen molar-refractivity contribution in [3.63, 3.8) is 0 Å². The number of amides is 2. The van der Waals surface area contributed by atoms with Gasteiger partial charge in [-0.3, -0.25) is 9.59 Å². The molecule has 2 aliphatic rings. The third kappa shape index (κ3) is 3.49. The molecule has 0 spiro atoms. The van der Waals surface area contributed by atoms with Crippen LogP contribution in [-0.2, 0) is 24.2 Å². The van der Waals surface area contributed by atoms with Crippen molar-refractivity contribution in [1.29, 1.82) is 0 Å². The van der Waals surface area contributed by atoms with Crippen molar-refractivity contribution >= 4 is 11.8 Å². The maximum Gasteiger partial charge on any atom is 0.271 e. The van der Waals surface area contributed by atoms with E-state index in [-0.39, 0.29) is 23.9 Å². The zero-order valence-electron chi connectivity index (χ0n) is 18.5. The number of rotatable bonds is 4. The Morgan fingerprint density at radius 2 is 1.75 bits per heavy atom. The minimum absolute atomic E-state index is 0.0986. The largest absolute Gasteiger partial charge is 0.354 e. The molecule has 32 heavy (non-hydrogen) atoms. The van der Waals surface area contributed by atoms with Crippen molar-refractivity contribution in [2.75, 3.05) is 7.05 Å². The molecule has 5 rings (SSSR count). The smallest absolute Gasteiger partial charge is 0.271 e.